The maximum Gasteiger partial charge on any atom is 0.306 e. The van der Waals surface area contributed by atoms with Gasteiger partial charge in [-0.15, -0.1) is 0 Å². The third-order valence-electron chi connectivity index (χ3n) is 4.74. The van der Waals surface area contributed by atoms with Crippen molar-refractivity contribution in [1.29, 1.82) is 0 Å². The third-order valence-corrected chi connectivity index (χ3v) is 4.74. The summed E-state index contributed by atoms with van der Waals surface area (Å²) < 4.78 is 5.35. The Morgan fingerprint density at radius 2 is 2.04 bits per heavy atom. The van der Waals surface area contributed by atoms with Gasteiger partial charge in [-0.25, -0.2) is 0 Å². The van der Waals surface area contributed by atoms with E-state index in [-0.39, 0.29) is 12.1 Å². The summed E-state index contributed by atoms with van der Waals surface area (Å²) in [6, 6.07) is 10.5. The Hall–Kier alpha value is -1.90. The highest BCUT2D eigenvalue weighted by Gasteiger charge is 2.29. The van der Waals surface area contributed by atoms with Crippen LogP contribution in [0.25, 0.3) is 10.9 Å². The SMILES string of the molecule is CC(C)OC(=O)C[C@H]1CCCC[C@@H]1c1cnc2ccccc2c1. The molecule has 1 heterocycles. The first-order valence-electron chi connectivity index (χ1n) is 8.67. The summed E-state index contributed by atoms with van der Waals surface area (Å²) >= 11 is 0. The summed E-state index contributed by atoms with van der Waals surface area (Å²) in [6.07, 6.45) is 7.16. The normalized spacial score (nSPS) is 21.5. The van der Waals surface area contributed by atoms with E-state index < -0.39 is 0 Å². The summed E-state index contributed by atoms with van der Waals surface area (Å²) in [6.45, 7) is 3.81. The van der Waals surface area contributed by atoms with Crippen molar-refractivity contribution < 1.29 is 9.53 Å². The Kier molecular flexibility index (Phi) is 4.94. The first-order chi connectivity index (χ1) is 11.1. The first kappa shape index (κ1) is 16.0. The molecule has 1 aliphatic carbocycles. The van der Waals surface area contributed by atoms with Crippen molar-refractivity contribution in [3.05, 3.63) is 42.1 Å². The number of benzene rings is 1. The van der Waals surface area contributed by atoms with Gasteiger partial charge in [0, 0.05) is 18.0 Å². The number of rotatable bonds is 4. The highest BCUT2D eigenvalue weighted by molar-refractivity contribution is 5.79. The van der Waals surface area contributed by atoms with Crippen molar-refractivity contribution >= 4 is 16.9 Å². The van der Waals surface area contributed by atoms with E-state index in [4.69, 9.17) is 4.74 Å². The van der Waals surface area contributed by atoms with E-state index in [2.05, 4.69) is 17.1 Å². The Labute approximate surface area is 138 Å². The number of esters is 1. The average molecular weight is 311 g/mol. The van der Waals surface area contributed by atoms with Gasteiger partial charge in [0.15, 0.2) is 0 Å². The highest BCUT2D eigenvalue weighted by Crippen LogP contribution is 2.40. The second kappa shape index (κ2) is 7.12. The number of fused-ring (bicyclic) bond motifs is 1. The van der Waals surface area contributed by atoms with Gasteiger partial charge in [-0.2, -0.15) is 0 Å². The molecule has 0 bridgehead atoms. The summed E-state index contributed by atoms with van der Waals surface area (Å²) in [5.74, 6) is 0.726. The van der Waals surface area contributed by atoms with Crippen LogP contribution in [0.5, 0.6) is 0 Å². The van der Waals surface area contributed by atoms with Crippen LogP contribution >= 0.6 is 0 Å². The number of pyridine rings is 1. The van der Waals surface area contributed by atoms with Crippen LogP contribution in [0.15, 0.2) is 36.5 Å². The van der Waals surface area contributed by atoms with Crippen molar-refractivity contribution in [3.8, 4) is 0 Å². The van der Waals surface area contributed by atoms with Gasteiger partial charge < -0.3 is 4.74 Å². The van der Waals surface area contributed by atoms with Crippen LogP contribution in [0.4, 0.5) is 0 Å². The predicted octanol–water partition coefficient (Wildman–Crippen LogP) is 4.85. The second-order valence-corrected chi connectivity index (χ2v) is 6.86. The molecule has 122 valence electrons. The number of carbonyl (C=O) groups excluding carboxylic acids is 1. The van der Waals surface area contributed by atoms with Gasteiger partial charge in [-0.3, -0.25) is 9.78 Å². The van der Waals surface area contributed by atoms with E-state index in [0.29, 0.717) is 18.3 Å². The minimum absolute atomic E-state index is 0.0353. The number of ether oxygens (including phenoxy) is 1. The molecule has 0 saturated heterocycles. The largest absolute Gasteiger partial charge is 0.463 e. The van der Waals surface area contributed by atoms with Gasteiger partial charge in [0.1, 0.15) is 0 Å². The Balaban J connectivity index is 1.80. The number of nitrogens with zero attached hydrogens (tertiary/aromatic N) is 1. The van der Waals surface area contributed by atoms with E-state index in [1.807, 2.05) is 38.2 Å². The van der Waals surface area contributed by atoms with Crippen LogP contribution < -0.4 is 0 Å². The zero-order valence-electron chi connectivity index (χ0n) is 14.0. The molecule has 2 atom stereocenters. The smallest absolute Gasteiger partial charge is 0.306 e. The molecule has 0 radical (unpaired) electrons. The molecule has 1 aromatic heterocycles. The number of aromatic nitrogens is 1. The van der Waals surface area contributed by atoms with Crippen molar-refractivity contribution in [2.24, 2.45) is 5.92 Å². The fourth-order valence-electron chi connectivity index (χ4n) is 3.71. The van der Waals surface area contributed by atoms with Crippen LogP contribution in [0.3, 0.4) is 0 Å². The zero-order valence-corrected chi connectivity index (χ0v) is 14.0. The van der Waals surface area contributed by atoms with Gasteiger partial charge in [0.05, 0.1) is 11.6 Å². The number of para-hydroxylation sites is 1. The predicted molar refractivity (Wildman–Crippen MR) is 92.3 cm³/mol. The van der Waals surface area contributed by atoms with Gasteiger partial charge in [-0.1, -0.05) is 31.0 Å². The van der Waals surface area contributed by atoms with Gasteiger partial charge in [0.2, 0.25) is 0 Å². The van der Waals surface area contributed by atoms with Gasteiger partial charge in [0.25, 0.3) is 0 Å². The molecule has 3 heteroatoms. The van der Waals surface area contributed by atoms with E-state index >= 15 is 0 Å². The van der Waals surface area contributed by atoms with Crippen molar-refractivity contribution in [1.82, 2.24) is 4.98 Å². The zero-order chi connectivity index (χ0) is 16.2. The summed E-state index contributed by atoms with van der Waals surface area (Å²) in [7, 11) is 0. The van der Waals surface area contributed by atoms with E-state index in [1.54, 1.807) is 0 Å². The van der Waals surface area contributed by atoms with Gasteiger partial charge >= 0.3 is 5.97 Å². The Morgan fingerprint density at radius 3 is 2.87 bits per heavy atom. The number of carbonyl (C=O) groups is 1. The molecular weight excluding hydrogens is 286 g/mol. The lowest BCUT2D eigenvalue weighted by Crippen LogP contribution is -2.23. The molecule has 0 unspecified atom stereocenters. The van der Waals surface area contributed by atoms with E-state index in [9.17, 15) is 4.79 Å². The molecule has 1 aliphatic rings. The first-order valence-corrected chi connectivity index (χ1v) is 8.67. The molecule has 3 rings (SSSR count). The van der Waals surface area contributed by atoms with Crippen molar-refractivity contribution in [3.63, 3.8) is 0 Å². The van der Waals surface area contributed by atoms with Crippen LogP contribution in [-0.4, -0.2) is 17.1 Å². The minimum Gasteiger partial charge on any atom is -0.463 e. The van der Waals surface area contributed by atoms with Gasteiger partial charge in [-0.05, 0) is 56.2 Å². The average Bonchev–Trinajstić information content (AvgIpc) is 2.54. The topological polar surface area (TPSA) is 39.2 Å². The minimum atomic E-state index is -0.0642. The van der Waals surface area contributed by atoms with Crippen LogP contribution in [0.2, 0.25) is 0 Å². The Bertz CT molecular complexity index is 680. The molecule has 1 saturated carbocycles. The molecule has 0 aliphatic heterocycles. The molecular formula is C20H25NO2. The molecule has 0 N–H and O–H groups in total. The summed E-state index contributed by atoms with van der Waals surface area (Å²) in [5.41, 5.74) is 2.30. The molecule has 23 heavy (non-hydrogen) atoms. The van der Waals surface area contributed by atoms with Crippen molar-refractivity contribution in [2.45, 2.75) is 58.0 Å². The molecule has 1 aromatic carbocycles. The number of hydrogen-bond donors (Lipinski definition) is 0. The maximum atomic E-state index is 12.1. The third kappa shape index (κ3) is 3.90. The lowest BCUT2D eigenvalue weighted by Gasteiger charge is -2.31. The maximum absolute atomic E-state index is 12.1. The summed E-state index contributed by atoms with van der Waals surface area (Å²) in [5, 5.41) is 1.18. The van der Waals surface area contributed by atoms with Crippen LogP contribution in [0, 0.1) is 5.92 Å². The lowest BCUT2D eigenvalue weighted by atomic mass is 9.74. The van der Waals surface area contributed by atoms with Crippen molar-refractivity contribution in [2.75, 3.05) is 0 Å². The van der Waals surface area contributed by atoms with E-state index in [0.717, 1.165) is 18.4 Å². The quantitative estimate of drug-likeness (QED) is 0.758. The Morgan fingerprint density at radius 1 is 1.26 bits per heavy atom. The standard InChI is InChI=1S/C20H25NO2/c1-14(2)23-20(22)12-15-7-3-5-9-18(15)17-11-16-8-4-6-10-19(16)21-13-17/h4,6,8,10-11,13-15,18H,3,5,7,9,12H2,1-2H3/t15-,18+/m1/s1. The molecule has 0 spiro atoms. The molecule has 2 aromatic rings. The second-order valence-electron chi connectivity index (χ2n) is 6.86. The summed E-state index contributed by atoms with van der Waals surface area (Å²) in [4.78, 5) is 16.7. The monoisotopic (exact) mass is 311 g/mol. The van der Waals surface area contributed by atoms with Crippen LogP contribution in [0.1, 0.15) is 57.4 Å². The van der Waals surface area contributed by atoms with Crippen LogP contribution in [-0.2, 0) is 9.53 Å². The molecule has 1 fully saturated rings. The molecule has 0 amide bonds. The highest BCUT2D eigenvalue weighted by atomic mass is 16.5. The molecule has 3 nitrogen and oxygen atoms in total. The number of hydrogen-bond acceptors (Lipinski definition) is 3. The fraction of sp³-hybridized carbons (Fsp3) is 0.500. The lowest BCUT2D eigenvalue weighted by molar-refractivity contribution is -0.148. The van der Waals surface area contributed by atoms with E-state index in [1.165, 1.54) is 23.8 Å². The fourth-order valence-corrected chi connectivity index (χ4v) is 3.71.